The molecule has 0 bridgehead atoms. The zero-order chi connectivity index (χ0) is 29.8. The first kappa shape index (κ1) is 31.7. The van der Waals surface area contributed by atoms with Gasteiger partial charge in [-0.05, 0) is 102 Å². The summed E-state index contributed by atoms with van der Waals surface area (Å²) in [5.41, 5.74) is 7.65. The molecule has 3 fully saturated rings. The molecule has 1 amide bonds. The first-order valence-electron chi connectivity index (χ1n) is 14.5. The van der Waals surface area contributed by atoms with Crippen molar-refractivity contribution < 1.29 is 22.7 Å². The lowest BCUT2D eigenvalue weighted by atomic mass is 9.93. The maximum absolute atomic E-state index is 12.7. The second-order valence-electron chi connectivity index (χ2n) is 12.1. The van der Waals surface area contributed by atoms with Gasteiger partial charge in [-0.15, -0.1) is 0 Å². The number of halogens is 2. The Labute approximate surface area is 247 Å². The van der Waals surface area contributed by atoms with Gasteiger partial charge in [0.15, 0.2) is 9.84 Å². The lowest BCUT2D eigenvalue weighted by Gasteiger charge is -2.27. The molecule has 3 aliphatic rings. The minimum atomic E-state index is -3.24. The maximum Gasteiger partial charge on any atom is 0.211 e. The van der Waals surface area contributed by atoms with E-state index in [-0.39, 0.29) is 16.5 Å². The molecule has 2 atom stereocenters. The zero-order valence-electron chi connectivity index (χ0n) is 24.0. The fourth-order valence-electron chi connectivity index (χ4n) is 6.99. The number of nitrogens with one attached hydrogen (secondary N) is 1. The highest BCUT2D eigenvalue weighted by atomic mass is 35.5. The standard InChI is InChI=1S/C22H38N4O3S.C7H5ClFNO/c1-16-20(24-25(2)21(16)23)17-11-18-13-22(27,14-19(18)12-17)15-30(28,29)10-6-9-26-7-4-3-5-8-26;8-6-3-5(10-4-11)1-2-7(6)9/h17-19,27H,3-15,23H2,1-2H3;1-4H,(H,10,11). The summed E-state index contributed by atoms with van der Waals surface area (Å²) in [5, 5.41) is 18.1. The Morgan fingerprint density at radius 1 is 1.22 bits per heavy atom. The third-order valence-electron chi connectivity index (χ3n) is 8.90. The van der Waals surface area contributed by atoms with Gasteiger partial charge in [0, 0.05) is 24.2 Å². The molecule has 0 spiro atoms. The van der Waals surface area contributed by atoms with Gasteiger partial charge in [0.1, 0.15) is 11.6 Å². The second kappa shape index (κ2) is 13.4. The van der Waals surface area contributed by atoms with Gasteiger partial charge in [0.25, 0.3) is 0 Å². The van der Waals surface area contributed by atoms with Crippen molar-refractivity contribution in [1.82, 2.24) is 14.7 Å². The van der Waals surface area contributed by atoms with Crippen molar-refractivity contribution in [2.45, 2.75) is 69.8 Å². The Hall–Kier alpha value is -2.21. The summed E-state index contributed by atoms with van der Waals surface area (Å²) in [6.45, 7) is 5.07. The normalized spacial score (nSPS) is 26.3. The highest BCUT2D eigenvalue weighted by Gasteiger charge is 2.51. The molecule has 0 radical (unpaired) electrons. The monoisotopic (exact) mass is 611 g/mol. The molecule has 1 saturated heterocycles. The Morgan fingerprint density at radius 3 is 2.44 bits per heavy atom. The van der Waals surface area contributed by atoms with E-state index in [4.69, 9.17) is 17.3 Å². The summed E-state index contributed by atoms with van der Waals surface area (Å²) in [4.78, 5) is 12.3. The number of carbonyl (C=O) groups excluding carboxylic acids is 1. The number of nitrogens with two attached hydrogens (primary N) is 1. The number of rotatable bonds is 9. The van der Waals surface area contributed by atoms with E-state index in [1.54, 1.807) is 4.68 Å². The molecule has 1 aliphatic heterocycles. The number of amides is 1. The van der Waals surface area contributed by atoms with Crippen LogP contribution in [0.15, 0.2) is 18.2 Å². The Bertz CT molecular complexity index is 1300. The van der Waals surface area contributed by atoms with Gasteiger partial charge in [-0.1, -0.05) is 18.0 Å². The third-order valence-corrected chi connectivity index (χ3v) is 11.1. The van der Waals surface area contributed by atoms with Crippen molar-refractivity contribution >= 4 is 39.4 Å². The lowest BCUT2D eigenvalue weighted by Crippen LogP contribution is -2.37. The molecule has 4 N–H and O–H groups in total. The number of piperidine rings is 1. The quantitative estimate of drug-likeness (QED) is 0.361. The Balaban J connectivity index is 0.000000296. The molecule has 12 heteroatoms. The topological polar surface area (TPSA) is 131 Å². The van der Waals surface area contributed by atoms with Crippen LogP contribution in [0.25, 0.3) is 0 Å². The first-order valence-corrected chi connectivity index (χ1v) is 16.7. The molecule has 1 aromatic carbocycles. The molecule has 2 aromatic rings. The number of nitrogens with zero attached hydrogens (tertiary/aromatic N) is 3. The molecular formula is C29H43ClFN5O4S. The van der Waals surface area contributed by atoms with Gasteiger partial charge in [-0.3, -0.25) is 9.48 Å². The van der Waals surface area contributed by atoms with Gasteiger partial charge < -0.3 is 21.1 Å². The molecule has 2 saturated carbocycles. The average Bonchev–Trinajstić information content (AvgIpc) is 3.51. The number of hydrogen-bond donors (Lipinski definition) is 3. The maximum atomic E-state index is 12.7. The number of sulfone groups is 1. The molecule has 2 aliphatic carbocycles. The van der Waals surface area contributed by atoms with Gasteiger partial charge in [-0.2, -0.15) is 5.10 Å². The molecule has 1 aromatic heterocycles. The molecule has 2 unspecified atom stereocenters. The minimum absolute atomic E-state index is 0.00292. The number of nitrogen functional groups attached to an aromatic ring is 1. The number of fused-ring (bicyclic) bond motifs is 1. The van der Waals surface area contributed by atoms with Crippen LogP contribution in [0.5, 0.6) is 0 Å². The zero-order valence-corrected chi connectivity index (χ0v) is 25.6. The molecule has 9 nitrogen and oxygen atoms in total. The predicted octanol–water partition coefficient (Wildman–Crippen LogP) is 4.28. The summed E-state index contributed by atoms with van der Waals surface area (Å²) in [6, 6.07) is 3.95. The van der Waals surface area contributed by atoms with E-state index in [1.165, 1.54) is 37.5 Å². The summed E-state index contributed by atoms with van der Waals surface area (Å²) < 4.78 is 39.7. The fraction of sp³-hybridized carbons (Fsp3) is 0.655. The van der Waals surface area contributed by atoms with E-state index in [0.717, 1.165) is 43.7 Å². The number of aliphatic hydroxyl groups is 1. The highest BCUT2D eigenvalue weighted by molar-refractivity contribution is 7.91. The largest absolute Gasteiger partial charge is 0.389 e. The smallest absolute Gasteiger partial charge is 0.211 e. The summed E-state index contributed by atoms with van der Waals surface area (Å²) in [7, 11) is -1.37. The van der Waals surface area contributed by atoms with E-state index in [2.05, 4.69) is 15.3 Å². The number of hydrogen-bond acceptors (Lipinski definition) is 7. The first-order chi connectivity index (χ1) is 19.4. The second-order valence-corrected chi connectivity index (χ2v) is 14.7. The average molecular weight is 612 g/mol. The van der Waals surface area contributed by atoms with E-state index in [1.807, 2.05) is 14.0 Å². The van der Waals surface area contributed by atoms with Crippen LogP contribution in [-0.2, 0) is 21.7 Å². The van der Waals surface area contributed by atoms with Crippen molar-refractivity contribution in [2.24, 2.45) is 18.9 Å². The van der Waals surface area contributed by atoms with E-state index in [9.17, 15) is 22.7 Å². The van der Waals surface area contributed by atoms with Gasteiger partial charge >= 0.3 is 0 Å². The fourth-order valence-corrected chi connectivity index (χ4v) is 8.94. The molecule has 5 rings (SSSR count). The van der Waals surface area contributed by atoms with Crippen LogP contribution >= 0.6 is 11.6 Å². The molecule has 41 heavy (non-hydrogen) atoms. The Morgan fingerprint density at radius 2 is 1.88 bits per heavy atom. The number of aromatic nitrogens is 2. The summed E-state index contributed by atoms with van der Waals surface area (Å²) in [5.74, 6) is 1.47. The number of aryl methyl sites for hydroxylation is 1. The van der Waals surface area contributed by atoms with Crippen LogP contribution in [0.4, 0.5) is 15.9 Å². The van der Waals surface area contributed by atoms with Gasteiger partial charge in [0.05, 0.1) is 27.8 Å². The number of carbonyl (C=O) groups is 1. The van der Waals surface area contributed by atoms with Crippen molar-refractivity contribution in [1.29, 1.82) is 0 Å². The SMILES string of the molecule is Cc1c(C2CC3CC(O)(CS(=O)(=O)CCCN4CCCCC4)CC3C2)nn(C)c1N.O=CNc1ccc(F)c(Cl)c1. The minimum Gasteiger partial charge on any atom is -0.389 e. The van der Waals surface area contributed by atoms with E-state index in [0.29, 0.717) is 54.9 Å². The highest BCUT2D eigenvalue weighted by Crippen LogP contribution is 2.54. The van der Waals surface area contributed by atoms with Crippen molar-refractivity contribution in [3.63, 3.8) is 0 Å². The van der Waals surface area contributed by atoms with E-state index < -0.39 is 21.3 Å². The van der Waals surface area contributed by atoms with Crippen LogP contribution in [0.3, 0.4) is 0 Å². The van der Waals surface area contributed by atoms with E-state index >= 15 is 0 Å². The van der Waals surface area contributed by atoms with Crippen LogP contribution in [0.2, 0.25) is 5.02 Å². The van der Waals surface area contributed by atoms with Gasteiger partial charge in [-0.25, -0.2) is 12.8 Å². The lowest BCUT2D eigenvalue weighted by molar-refractivity contribution is -0.105. The number of anilines is 2. The Kier molecular flexibility index (Phi) is 10.4. The number of likely N-dealkylation sites (tertiary alicyclic amines) is 1. The van der Waals surface area contributed by atoms with Gasteiger partial charge in [0.2, 0.25) is 6.41 Å². The van der Waals surface area contributed by atoms with Crippen LogP contribution in [-0.4, -0.2) is 71.4 Å². The van der Waals surface area contributed by atoms with Crippen molar-refractivity contribution in [2.75, 3.05) is 42.2 Å². The number of benzene rings is 1. The molecular weight excluding hydrogens is 569 g/mol. The summed E-state index contributed by atoms with van der Waals surface area (Å²) in [6.07, 6.45) is 8.05. The third kappa shape index (κ3) is 8.21. The predicted molar refractivity (Wildman–Crippen MR) is 160 cm³/mol. The van der Waals surface area contributed by atoms with Crippen LogP contribution < -0.4 is 11.1 Å². The molecule has 228 valence electrons. The van der Waals surface area contributed by atoms with Crippen molar-refractivity contribution in [3.8, 4) is 0 Å². The summed E-state index contributed by atoms with van der Waals surface area (Å²) >= 11 is 5.42. The molecule has 2 heterocycles. The van der Waals surface area contributed by atoms with Crippen LogP contribution in [0.1, 0.15) is 68.5 Å². The van der Waals surface area contributed by atoms with Crippen LogP contribution in [0, 0.1) is 24.6 Å². The van der Waals surface area contributed by atoms with Crippen molar-refractivity contribution in [3.05, 3.63) is 40.3 Å².